The molecule has 1 unspecified atom stereocenters. The van der Waals surface area contributed by atoms with Gasteiger partial charge in [0, 0.05) is 6.54 Å². The van der Waals surface area contributed by atoms with Crippen LogP contribution in [0.25, 0.3) is 0 Å². The lowest BCUT2D eigenvalue weighted by atomic mass is 10.1. The first kappa shape index (κ1) is 11.5. The zero-order chi connectivity index (χ0) is 11.3. The van der Waals surface area contributed by atoms with Gasteiger partial charge in [0.15, 0.2) is 0 Å². The van der Waals surface area contributed by atoms with Crippen LogP contribution >= 0.6 is 0 Å². The Balaban J connectivity index is 2.77. The molecule has 1 rings (SSSR count). The number of nitrogens with zero attached hydrogens (tertiary/aromatic N) is 1. The zero-order valence-corrected chi connectivity index (χ0v) is 8.50. The highest BCUT2D eigenvalue weighted by molar-refractivity contribution is 5.57. The monoisotopic (exact) mass is 208 g/mol. The second-order valence-electron chi connectivity index (χ2n) is 3.22. The minimum absolute atomic E-state index is 0.0131. The number of rotatable bonds is 4. The Labute approximate surface area is 88.2 Å². The molecule has 0 aliphatic rings. The number of anilines is 1. The van der Waals surface area contributed by atoms with Gasteiger partial charge in [0.1, 0.15) is 17.4 Å². The number of nitrogens with one attached hydrogen (secondary N) is 1. The maximum absolute atomic E-state index is 13.1. The normalized spacial score (nSPS) is 11.9. The lowest BCUT2D eigenvalue weighted by Gasteiger charge is -2.11. The second-order valence-corrected chi connectivity index (χ2v) is 3.22. The van der Waals surface area contributed by atoms with Crippen LogP contribution in [0.2, 0.25) is 0 Å². The molecule has 0 heterocycles. The molecule has 0 radical (unpaired) electrons. The molecule has 0 aromatic heterocycles. The van der Waals surface area contributed by atoms with Crippen molar-refractivity contribution in [1.82, 2.24) is 0 Å². The Hall–Kier alpha value is -1.60. The third kappa shape index (κ3) is 2.93. The molecule has 0 saturated heterocycles. The Morgan fingerprint density at radius 1 is 1.60 bits per heavy atom. The number of halogens is 1. The van der Waals surface area contributed by atoms with Crippen LogP contribution < -0.4 is 5.32 Å². The molecule has 0 aliphatic heterocycles. The standard InChI is InChI=1S/C11H13FN2O/c1-2-8(15)7-14-11-5-3-4-10(12)9(11)6-13/h3-5,8,14-15H,2,7H2,1H3. The van der Waals surface area contributed by atoms with Gasteiger partial charge >= 0.3 is 0 Å². The largest absolute Gasteiger partial charge is 0.391 e. The van der Waals surface area contributed by atoms with Crippen LogP contribution in [-0.2, 0) is 0 Å². The van der Waals surface area contributed by atoms with Gasteiger partial charge in [-0.2, -0.15) is 5.26 Å². The summed E-state index contributed by atoms with van der Waals surface area (Å²) in [5, 5.41) is 20.9. The van der Waals surface area contributed by atoms with Crippen LogP contribution in [0.5, 0.6) is 0 Å². The van der Waals surface area contributed by atoms with Gasteiger partial charge in [-0.1, -0.05) is 13.0 Å². The summed E-state index contributed by atoms with van der Waals surface area (Å²) in [7, 11) is 0. The molecule has 0 fully saturated rings. The first-order chi connectivity index (χ1) is 7.19. The molecule has 0 aliphatic carbocycles. The number of aliphatic hydroxyl groups is 1. The Morgan fingerprint density at radius 3 is 2.93 bits per heavy atom. The fourth-order valence-electron chi connectivity index (χ4n) is 1.16. The Bertz CT molecular complexity index is 373. The zero-order valence-electron chi connectivity index (χ0n) is 8.50. The van der Waals surface area contributed by atoms with E-state index in [9.17, 15) is 9.50 Å². The number of hydrogen-bond acceptors (Lipinski definition) is 3. The SMILES string of the molecule is CCC(O)CNc1cccc(F)c1C#N. The van der Waals surface area contributed by atoms with Crippen molar-refractivity contribution in [3.8, 4) is 6.07 Å². The van der Waals surface area contributed by atoms with Crippen molar-refractivity contribution in [2.24, 2.45) is 0 Å². The van der Waals surface area contributed by atoms with Crippen molar-refractivity contribution in [3.63, 3.8) is 0 Å². The molecule has 0 saturated carbocycles. The highest BCUT2D eigenvalue weighted by Gasteiger charge is 2.08. The number of benzene rings is 1. The minimum atomic E-state index is -0.548. The van der Waals surface area contributed by atoms with E-state index in [1.165, 1.54) is 12.1 Å². The molecule has 1 atom stereocenters. The van der Waals surface area contributed by atoms with Gasteiger partial charge in [-0.05, 0) is 18.6 Å². The Kier molecular flexibility index (Phi) is 4.07. The quantitative estimate of drug-likeness (QED) is 0.794. The second kappa shape index (κ2) is 5.32. The highest BCUT2D eigenvalue weighted by Crippen LogP contribution is 2.17. The topological polar surface area (TPSA) is 56.0 Å². The van der Waals surface area contributed by atoms with E-state index in [1.54, 1.807) is 12.1 Å². The van der Waals surface area contributed by atoms with Crippen LogP contribution in [0, 0.1) is 17.1 Å². The summed E-state index contributed by atoms with van der Waals surface area (Å²) in [4.78, 5) is 0. The average Bonchev–Trinajstić information content (AvgIpc) is 2.25. The minimum Gasteiger partial charge on any atom is -0.391 e. The molecule has 80 valence electrons. The summed E-state index contributed by atoms with van der Waals surface area (Å²) in [5.41, 5.74) is 0.408. The fourth-order valence-corrected chi connectivity index (χ4v) is 1.16. The highest BCUT2D eigenvalue weighted by atomic mass is 19.1. The molecule has 0 spiro atoms. The van der Waals surface area contributed by atoms with Crippen molar-refractivity contribution in [2.75, 3.05) is 11.9 Å². The average molecular weight is 208 g/mol. The maximum atomic E-state index is 13.1. The molecular formula is C11H13FN2O. The van der Waals surface area contributed by atoms with Gasteiger partial charge < -0.3 is 10.4 Å². The predicted octanol–water partition coefficient (Wildman–Crippen LogP) is 1.88. The van der Waals surface area contributed by atoms with Gasteiger partial charge in [0.25, 0.3) is 0 Å². The predicted molar refractivity (Wildman–Crippen MR) is 55.9 cm³/mol. The lowest BCUT2D eigenvalue weighted by molar-refractivity contribution is 0.183. The van der Waals surface area contributed by atoms with Gasteiger partial charge in [0.2, 0.25) is 0 Å². The van der Waals surface area contributed by atoms with E-state index < -0.39 is 11.9 Å². The van der Waals surface area contributed by atoms with Crippen LogP contribution in [0.15, 0.2) is 18.2 Å². The summed E-state index contributed by atoms with van der Waals surface area (Å²) >= 11 is 0. The van der Waals surface area contributed by atoms with Crippen molar-refractivity contribution in [2.45, 2.75) is 19.4 Å². The molecule has 1 aromatic rings. The summed E-state index contributed by atoms with van der Waals surface area (Å²) in [6.07, 6.45) is 0.129. The molecule has 0 amide bonds. The molecule has 4 heteroatoms. The van der Waals surface area contributed by atoms with E-state index in [1.807, 2.05) is 6.92 Å². The van der Waals surface area contributed by atoms with E-state index in [0.717, 1.165) is 0 Å². The smallest absolute Gasteiger partial charge is 0.143 e. The van der Waals surface area contributed by atoms with E-state index in [0.29, 0.717) is 18.7 Å². The number of nitriles is 1. The Morgan fingerprint density at radius 2 is 2.33 bits per heavy atom. The van der Waals surface area contributed by atoms with Crippen molar-refractivity contribution >= 4 is 5.69 Å². The fraction of sp³-hybridized carbons (Fsp3) is 0.364. The summed E-state index contributed by atoms with van der Waals surface area (Å²) in [6, 6.07) is 6.16. The first-order valence-electron chi connectivity index (χ1n) is 4.79. The third-order valence-corrected chi connectivity index (χ3v) is 2.12. The van der Waals surface area contributed by atoms with Gasteiger partial charge in [-0.25, -0.2) is 4.39 Å². The molecular weight excluding hydrogens is 195 g/mol. The van der Waals surface area contributed by atoms with E-state index >= 15 is 0 Å². The van der Waals surface area contributed by atoms with Crippen LogP contribution in [0.3, 0.4) is 0 Å². The number of aliphatic hydroxyl groups excluding tert-OH is 1. The van der Waals surface area contributed by atoms with Gasteiger partial charge in [-0.15, -0.1) is 0 Å². The van der Waals surface area contributed by atoms with Crippen LogP contribution in [0.1, 0.15) is 18.9 Å². The molecule has 2 N–H and O–H groups in total. The maximum Gasteiger partial charge on any atom is 0.143 e. The van der Waals surface area contributed by atoms with Crippen LogP contribution in [-0.4, -0.2) is 17.8 Å². The summed E-state index contributed by atoms with van der Waals surface area (Å²) in [5.74, 6) is -0.548. The van der Waals surface area contributed by atoms with Crippen molar-refractivity contribution in [3.05, 3.63) is 29.6 Å². The summed E-state index contributed by atoms with van der Waals surface area (Å²) < 4.78 is 13.1. The summed E-state index contributed by atoms with van der Waals surface area (Å²) in [6.45, 7) is 2.16. The molecule has 3 nitrogen and oxygen atoms in total. The van der Waals surface area contributed by atoms with Crippen molar-refractivity contribution < 1.29 is 9.50 Å². The van der Waals surface area contributed by atoms with Crippen molar-refractivity contribution in [1.29, 1.82) is 5.26 Å². The number of hydrogen-bond donors (Lipinski definition) is 2. The van der Waals surface area contributed by atoms with Gasteiger partial charge in [-0.3, -0.25) is 0 Å². The van der Waals surface area contributed by atoms with Gasteiger partial charge in [0.05, 0.1) is 11.8 Å². The van der Waals surface area contributed by atoms with E-state index in [-0.39, 0.29) is 5.56 Å². The molecule has 0 bridgehead atoms. The van der Waals surface area contributed by atoms with E-state index in [2.05, 4.69) is 5.32 Å². The molecule has 1 aromatic carbocycles. The first-order valence-corrected chi connectivity index (χ1v) is 4.79. The van der Waals surface area contributed by atoms with E-state index in [4.69, 9.17) is 5.26 Å². The third-order valence-electron chi connectivity index (χ3n) is 2.12. The van der Waals surface area contributed by atoms with Crippen LogP contribution in [0.4, 0.5) is 10.1 Å². The lowest BCUT2D eigenvalue weighted by Crippen LogP contribution is -2.18. The molecule has 15 heavy (non-hydrogen) atoms.